The smallest absolute Gasteiger partial charge is 0.272 e. The van der Waals surface area contributed by atoms with E-state index in [9.17, 15) is 20.2 Å². The molecule has 0 N–H and O–H groups in total. The number of rotatable bonds is 4. The number of hydrogen-bond donors (Lipinski definition) is 0. The van der Waals surface area contributed by atoms with Gasteiger partial charge in [-0.2, -0.15) is 0 Å². The molecule has 0 aliphatic carbocycles. The van der Waals surface area contributed by atoms with Crippen molar-refractivity contribution in [1.29, 1.82) is 0 Å². The first-order valence-corrected chi connectivity index (χ1v) is 7.21. The number of hydrogen-bond acceptors (Lipinski definition) is 7. The molecule has 0 amide bonds. The molecule has 0 radical (unpaired) electrons. The van der Waals surface area contributed by atoms with Crippen molar-refractivity contribution in [3.8, 4) is 22.9 Å². The van der Waals surface area contributed by atoms with E-state index in [1.807, 2.05) is 0 Å². The lowest BCUT2D eigenvalue weighted by atomic mass is 10.1. The van der Waals surface area contributed by atoms with E-state index in [-0.39, 0.29) is 23.2 Å². The van der Waals surface area contributed by atoms with Crippen LogP contribution in [0.2, 0.25) is 0 Å². The summed E-state index contributed by atoms with van der Waals surface area (Å²) in [6, 6.07) is 9.01. The highest BCUT2D eigenvalue weighted by molar-refractivity contribution is 5.62. The van der Waals surface area contributed by atoms with Gasteiger partial charge in [0.05, 0.1) is 9.85 Å². The molecule has 3 rings (SSSR count). The number of nitro groups is 2. The minimum atomic E-state index is -0.460. The Hall–Kier alpha value is -3.62. The zero-order valence-electron chi connectivity index (χ0n) is 13.3. The summed E-state index contributed by atoms with van der Waals surface area (Å²) in [6.45, 7) is 3.25. The second kappa shape index (κ2) is 6.11. The fourth-order valence-corrected chi connectivity index (χ4v) is 2.44. The van der Waals surface area contributed by atoms with Gasteiger partial charge >= 0.3 is 0 Å². The van der Waals surface area contributed by atoms with Gasteiger partial charge in [0.25, 0.3) is 11.4 Å². The molecule has 2 aromatic carbocycles. The molecule has 25 heavy (non-hydrogen) atoms. The van der Waals surface area contributed by atoms with Crippen molar-refractivity contribution in [3.63, 3.8) is 0 Å². The highest BCUT2D eigenvalue weighted by atomic mass is 16.6. The highest BCUT2D eigenvalue weighted by Crippen LogP contribution is 2.29. The van der Waals surface area contributed by atoms with E-state index in [1.54, 1.807) is 26.0 Å². The van der Waals surface area contributed by atoms with Crippen LogP contribution in [0.3, 0.4) is 0 Å². The van der Waals surface area contributed by atoms with Gasteiger partial charge in [0.2, 0.25) is 11.8 Å². The number of nitrogens with zero attached hydrogens (tertiary/aromatic N) is 4. The van der Waals surface area contributed by atoms with E-state index >= 15 is 0 Å². The summed E-state index contributed by atoms with van der Waals surface area (Å²) in [7, 11) is 0. The Bertz CT molecular complexity index is 918. The van der Waals surface area contributed by atoms with Crippen molar-refractivity contribution >= 4 is 11.4 Å². The quantitative estimate of drug-likeness (QED) is 0.521. The normalized spacial score (nSPS) is 10.6. The van der Waals surface area contributed by atoms with E-state index in [0.29, 0.717) is 22.3 Å². The number of nitro benzene ring substituents is 2. The first-order valence-electron chi connectivity index (χ1n) is 7.21. The van der Waals surface area contributed by atoms with Gasteiger partial charge in [-0.25, -0.2) is 0 Å². The minimum absolute atomic E-state index is 0.00878. The molecule has 0 fully saturated rings. The van der Waals surface area contributed by atoms with Crippen molar-refractivity contribution in [2.45, 2.75) is 13.8 Å². The molecule has 0 saturated carbocycles. The van der Waals surface area contributed by atoms with Gasteiger partial charge < -0.3 is 4.42 Å². The van der Waals surface area contributed by atoms with Crippen molar-refractivity contribution in [2.24, 2.45) is 0 Å². The van der Waals surface area contributed by atoms with E-state index in [4.69, 9.17) is 4.42 Å². The SMILES string of the molecule is Cc1cc(-c2nnc(-c3ccc([N+](=O)[O-])c(C)c3)o2)ccc1[N+](=O)[O-]. The van der Waals surface area contributed by atoms with Crippen molar-refractivity contribution in [1.82, 2.24) is 10.2 Å². The van der Waals surface area contributed by atoms with Gasteiger partial charge in [-0.15, -0.1) is 10.2 Å². The molecular weight excluding hydrogens is 328 g/mol. The summed E-state index contributed by atoms with van der Waals surface area (Å²) >= 11 is 0. The lowest BCUT2D eigenvalue weighted by Crippen LogP contribution is -1.91. The van der Waals surface area contributed by atoms with Crippen molar-refractivity contribution in [2.75, 3.05) is 0 Å². The molecule has 0 aliphatic rings. The summed E-state index contributed by atoms with van der Waals surface area (Å²) in [4.78, 5) is 20.8. The van der Waals surface area contributed by atoms with Crippen LogP contribution in [0.1, 0.15) is 11.1 Å². The Kier molecular flexibility index (Phi) is 3.97. The van der Waals surface area contributed by atoms with Crippen LogP contribution >= 0.6 is 0 Å². The van der Waals surface area contributed by atoms with Crippen LogP contribution in [-0.2, 0) is 0 Å². The molecule has 0 atom stereocenters. The maximum absolute atomic E-state index is 10.9. The number of aryl methyl sites for hydroxylation is 2. The largest absolute Gasteiger partial charge is 0.416 e. The molecule has 0 unspecified atom stereocenters. The zero-order chi connectivity index (χ0) is 18.1. The summed E-state index contributed by atoms with van der Waals surface area (Å²) < 4.78 is 5.60. The third kappa shape index (κ3) is 3.07. The standard InChI is InChI=1S/C16H12N4O5/c1-9-7-11(3-5-13(9)19(21)22)15-17-18-16(25-15)12-4-6-14(20(23)24)10(2)8-12/h3-8H,1-2H3. The lowest BCUT2D eigenvalue weighted by molar-refractivity contribution is -0.385. The Labute approximate surface area is 141 Å². The van der Waals surface area contributed by atoms with E-state index < -0.39 is 9.85 Å². The fraction of sp³-hybridized carbons (Fsp3) is 0.125. The Morgan fingerprint density at radius 3 is 1.52 bits per heavy atom. The van der Waals surface area contributed by atoms with Gasteiger partial charge in [0.1, 0.15) is 0 Å². The first kappa shape index (κ1) is 16.2. The van der Waals surface area contributed by atoms with Gasteiger partial charge in [-0.3, -0.25) is 20.2 Å². The summed E-state index contributed by atoms with van der Waals surface area (Å²) in [5.74, 6) is 0.424. The van der Waals surface area contributed by atoms with Gasteiger partial charge in [-0.05, 0) is 38.1 Å². The van der Waals surface area contributed by atoms with Crippen LogP contribution in [0, 0.1) is 34.1 Å². The second-order valence-electron chi connectivity index (χ2n) is 5.43. The fourth-order valence-electron chi connectivity index (χ4n) is 2.44. The average molecular weight is 340 g/mol. The number of aromatic nitrogens is 2. The van der Waals surface area contributed by atoms with Crippen LogP contribution < -0.4 is 0 Å². The highest BCUT2D eigenvalue weighted by Gasteiger charge is 2.17. The van der Waals surface area contributed by atoms with Gasteiger partial charge in [-0.1, -0.05) is 0 Å². The van der Waals surface area contributed by atoms with Crippen LogP contribution in [0.4, 0.5) is 11.4 Å². The van der Waals surface area contributed by atoms with Crippen LogP contribution in [0.5, 0.6) is 0 Å². The third-order valence-corrected chi connectivity index (χ3v) is 3.71. The molecule has 9 heteroatoms. The molecule has 0 saturated heterocycles. The molecule has 3 aromatic rings. The maximum atomic E-state index is 10.9. The molecule has 1 heterocycles. The summed E-state index contributed by atoms with van der Waals surface area (Å²) in [5, 5.41) is 29.6. The van der Waals surface area contributed by atoms with Gasteiger partial charge in [0.15, 0.2) is 0 Å². The average Bonchev–Trinajstić information content (AvgIpc) is 3.03. The molecule has 126 valence electrons. The minimum Gasteiger partial charge on any atom is -0.416 e. The third-order valence-electron chi connectivity index (χ3n) is 3.71. The second-order valence-corrected chi connectivity index (χ2v) is 5.43. The zero-order valence-corrected chi connectivity index (χ0v) is 13.3. The lowest BCUT2D eigenvalue weighted by Gasteiger charge is -2.00. The molecule has 0 bridgehead atoms. The Balaban J connectivity index is 1.95. The Morgan fingerprint density at radius 2 is 1.20 bits per heavy atom. The van der Waals surface area contributed by atoms with Crippen molar-refractivity contribution < 1.29 is 14.3 Å². The Morgan fingerprint density at radius 1 is 0.800 bits per heavy atom. The van der Waals surface area contributed by atoms with Crippen molar-refractivity contribution in [3.05, 3.63) is 67.8 Å². The molecular formula is C16H12N4O5. The monoisotopic (exact) mass is 340 g/mol. The molecule has 1 aromatic heterocycles. The van der Waals surface area contributed by atoms with Gasteiger partial charge in [0, 0.05) is 34.4 Å². The van der Waals surface area contributed by atoms with Crippen LogP contribution in [0.25, 0.3) is 22.9 Å². The van der Waals surface area contributed by atoms with E-state index in [1.165, 1.54) is 24.3 Å². The first-order chi connectivity index (χ1) is 11.9. The predicted octanol–water partition coefficient (Wildman–Crippen LogP) is 3.84. The summed E-state index contributed by atoms with van der Waals surface area (Å²) in [6.07, 6.45) is 0. The number of benzene rings is 2. The van der Waals surface area contributed by atoms with Crippen LogP contribution in [0.15, 0.2) is 40.8 Å². The van der Waals surface area contributed by atoms with E-state index in [2.05, 4.69) is 10.2 Å². The molecule has 0 aliphatic heterocycles. The maximum Gasteiger partial charge on any atom is 0.272 e. The topological polar surface area (TPSA) is 125 Å². The summed E-state index contributed by atoms with van der Waals surface area (Å²) in [5.41, 5.74) is 2.09. The van der Waals surface area contributed by atoms with Crippen LogP contribution in [-0.4, -0.2) is 20.0 Å². The van der Waals surface area contributed by atoms with E-state index in [0.717, 1.165) is 0 Å². The molecule has 0 spiro atoms. The molecule has 9 nitrogen and oxygen atoms in total. The predicted molar refractivity (Wildman–Crippen MR) is 88.0 cm³/mol.